The number of rotatable bonds is 3. The predicted octanol–water partition coefficient (Wildman–Crippen LogP) is 2.45. The third-order valence-electron chi connectivity index (χ3n) is 2.23. The van der Waals surface area contributed by atoms with Crippen LogP contribution in [0.25, 0.3) is 0 Å². The minimum Gasteiger partial charge on any atom is -0.502 e. The van der Waals surface area contributed by atoms with Crippen molar-refractivity contribution in [3.63, 3.8) is 0 Å². The van der Waals surface area contributed by atoms with Gasteiger partial charge in [0.2, 0.25) is 5.75 Å². The second kappa shape index (κ2) is 5.05. The lowest BCUT2D eigenvalue weighted by atomic mass is 10.2. The van der Waals surface area contributed by atoms with E-state index in [0.29, 0.717) is 5.82 Å². The lowest BCUT2D eigenvalue weighted by Gasteiger charge is -1.99. The number of hydrogen-bond acceptors (Lipinski definition) is 5. The molecule has 18 heavy (non-hydrogen) atoms. The van der Waals surface area contributed by atoms with Crippen LogP contribution >= 0.6 is 0 Å². The summed E-state index contributed by atoms with van der Waals surface area (Å²) in [6.45, 7) is 0. The smallest absolute Gasteiger partial charge is 0.311 e. The van der Waals surface area contributed by atoms with Crippen LogP contribution in [0.2, 0.25) is 0 Å². The van der Waals surface area contributed by atoms with Crippen molar-refractivity contribution in [1.29, 1.82) is 0 Å². The number of nitro benzene ring substituents is 1. The molecule has 90 valence electrons. The molecular weight excluding hydrogens is 234 g/mol. The summed E-state index contributed by atoms with van der Waals surface area (Å²) in [7, 11) is 0. The van der Waals surface area contributed by atoms with E-state index in [-0.39, 0.29) is 11.3 Å². The van der Waals surface area contributed by atoms with Crippen LogP contribution < -0.4 is 0 Å². The van der Waals surface area contributed by atoms with Gasteiger partial charge in [-0.25, -0.2) is 9.98 Å². The van der Waals surface area contributed by atoms with E-state index >= 15 is 0 Å². The fraction of sp³-hybridized carbons (Fsp3) is 0. The van der Waals surface area contributed by atoms with E-state index < -0.39 is 10.7 Å². The fourth-order valence-electron chi connectivity index (χ4n) is 1.37. The number of aromatic nitrogens is 1. The van der Waals surface area contributed by atoms with Crippen LogP contribution in [0, 0.1) is 10.1 Å². The van der Waals surface area contributed by atoms with Gasteiger partial charge < -0.3 is 5.11 Å². The molecule has 0 saturated heterocycles. The Hall–Kier alpha value is -2.76. The van der Waals surface area contributed by atoms with Gasteiger partial charge in [-0.1, -0.05) is 12.1 Å². The molecule has 0 aliphatic heterocycles. The van der Waals surface area contributed by atoms with Crippen molar-refractivity contribution in [3.8, 4) is 5.75 Å². The van der Waals surface area contributed by atoms with E-state index in [1.165, 1.54) is 24.4 Å². The Labute approximate surface area is 102 Å². The highest BCUT2D eigenvalue weighted by atomic mass is 16.6. The van der Waals surface area contributed by atoms with Gasteiger partial charge in [0, 0.05) is 24.0 Å². The molecule has 0 bridgehead atoms. The molecule has 0 fully saturated rings. The molecule has 0 radical (unpaired) electrons. The second-order valence-corrected chi connectivity index (χ2v) is 3.42. The van der Waals surface area contributed by atoms with E-state index in [1.54, 1.807) is 24.4 Å². The SMILES string of the molecule is O=[N+]([O-])c1cccc(/C=N/c2ccccn2)c1O. The van der Waals surface area contributed by atoms with Crippen LogP contribution in [0.5, 0.6) is 5.75 Å². The Morgan fingerprint density at radius 3 is 2.78 bits per heavy atom. The van der Waals surface area contributed by atoms with Gasteiger partial charge in [-0.3, -0.25) is 10.1 Å². The molecule has 0 amide bonds. The molecule has 0 spiro atoms. The van der Waals surface area contributed by atoms with Crippen LogP contribution in [0.15, 0.2) is 47.6 Å². The molecule has 2 aromatic rings. The van der Waals surface area contributed by atoms with Crippen molar-refractivity contribution in [3.05, 3.63) is 58.3 Å². The number of pyridine rings is 1. The van der Waals surface area contributed by atoms with E-state index in [2.05, 4.69) is 9.98 Å². The van der Waals surface area contributed by atoms with E-state index in [4.69, 9.17) is 0 Å². The number of phenolic OH excluding ortho intramolecular Hbond substituents is 1. The third kappa shape index (κ3) is 2.49. The lowest BCUT2D eigenvalue weighted by molar-refractivity contribution is -0.385. The van der Waals surface area contributed by atoms with Crippen molar-refractivity contribution in [2.45, 2.75) is 0 Å². The van der Waals surface area contributed by atoms with Gasteiger partial charge in [0.05, 0.1) is 4.92 Å². The molecule has 0 unspecified atom stereocenters. The normalized spacial score (nSPS) is 10.7. The molecule has 1 aromatic carbocycles. The van der Waals surface area contributed by atoms with Gasteiger partial charge in [-0.15, -0.1) is 0 Å². The number of nitro groups is 1. The minimum absolute atomic E-state index is 0.273. The largest absolute Gasteiger partial charge is 0.502 e. The summed E-state index contributed by atoms with van der Waals surface area (Å²) in [4.78, 5) is 18.0. The molecule has 0 atom stereocenters. The van der Waals surface area contributed by atoms with Crippen LogP contribution in [0.4, 0.5) is 11.5 Å². The van der Waals surface area contributed by atoms with E-state index in [1.807, 2.05) is 0 Å². The molecule has 0 aliphatic carbocycles. The number of aromatic hydroxyl groups is 1. The summed E-state index contributed by atoms with van der Waals surface area (Å²) in [6, 6.07) is 9.46. The van der Waals surface area contributed by atoms with Gasteiger partial charge in [-0.05, 0) is 18.2 Å². The summed E-state index contributed by atoms with van der Waals surface area (Å²) in [5.74, 6) is 0.0607. The van der Waals surface area contributed by atoms with Gasteiger partial charge in [-0.2, -0.15) is 0 Å². The van der Waals surface area contributed by atoms with E-state index in [9.17, 15) is 15.2 Å². The predicted molar refractivity (Wildman–Crippen MR) is 66.3 cm³/mol. The number of hydrogen-bond donors (Lipinski definition) is 1. The highest BCUT2D eigenvalue weighted by molar-refractivity contribution is 5.86. The third-order valence-corrected chi connectivity index (χ3v) is 2.23. The van der Waals surface area contributed by atoms with Crippen LogP contribution in [-0.2, 0) is 0 Å². The Bertz CT molecular complexity index is 597. The molecule has 1 aromatic heterocycles. The van der Waals surface area contributed by atoms with Gasteiger partial charge in [0.25, 0.3) is 0 Å². The van der Waals surface area contributed by atoms with Crippen molar-refractivity contribution >= 4 is 17.7 Å². The number of para-hydroxylation sites is 1. The fourth-order valence-corrected chi connectivity index (χ4v) is 1.37. The van der Waals surface area contributed by atoms with Crippen molar-refractivity contribution < 1.29 is 10.0 Å². The summed E-state index contributed by atoms with van der Waals surface area (Å²) in [6.07, 6.45) is 2.92. The zero-order chi connectivity index (χ0) is 13.0. The maximum absolute atomic E-state index is 10.6. The monoisotopic (exact) mass is 243 g/mol. The van der Waals surface area contributed by atoms with Crippen molar-refractivity contribution in [2.75, 3.05) is 0 Å². The number of benzene rings is 1. The van der Waals surface area contributed by atoms with Crippen LogP contribution in [0.3, 0.4) is 0 Å². The topological polar surface area (TPSA) is 88.6 Å². The molecule has 1 heterocycles. The molecule has 1 N–H and O–H groups in total. The Kier molecular flexibility index (Phi) is 3.29. The molecule has 6 heteroatoms. The maximum atomic E-state index is 10.6. The van der Waals surface area contributed by atoms with Crippen LogP contribution in [-0.4, -0.2) is 21.2 Å². The highest BCUT2D eigenvalue weighted by Crippen LogP contribution is 2.28. The number of phenols is 1. The zero-order valence-corrected chi connectivity index (χ0v) is 9.22. The second-order valence-electron chi connectivity index (χ2n) is 3.42. The minimum atomic E-state index is -0.645. The molecule has 2 rings (SSSR count). The van der Waals surface area contributed by atoms with Crippen molar-refractivity contribution in [2.24, 2.45) is 4.99 Å². The molecule has 0 saturated carbocycles. The first-order valence-electron chi connectivity index (χ1n) is 5.10. The first-order valence-corrected chi connectivity index (χ1v) is 5.10. The number of aliphatic imine (C=N–C) groups is 1. The van der Waals surface area contributed by atoms with Gasteiger partial charge in [0.1, 0.15) is 0 Å². The average molecular weight is 243 g/mol. The Morgan fingerprint density at radius 1 is 1.28 bits per heavy atom. The van der Waals surface area contributed by atoms with Gasteiger partial charge >= 0.3 is 5.69 Å². The standard InChI is InChI=1S/C12H9N3O3/c16-12-9(4-3-5-10(12)15(17)18)8-14-11-6-1-2-7-13-11/h1-8,16H/b14-8+. The Morgan fingerprint density at radius 2 is 2.11 bits per heavy atom. The Balaban J connectivity index is 2.33. The first-order chi connectivity index (χ1) is 8.68. The molecule has 0 aliphatic rings. The quantitative estimate of drug-likeness (QED) is 0.509. The van der Waals surface area contributed by atoms with Crippen molar-refractivity contribution in [1.82, 2.24) is 4.98 Å². The first kappa shape index (κ1) is 11.7. The summed E-state index contributed by atoms with van der Waals surface area (Å²) in [5.41, 5.74) is -0.0742. The summed E-state index contributed by atoms with van der Waals surface area (Å²) < 4.78 is 0. The lowest BCUT2D eigenvalue weighted by Crippen LogP contribution is -1.91. The zero-order valence-electron chi connectivity index (χ0n) is 9.22. The summed E-state index contributed by atoms with van der Waals surface area (Å²) >= 11 is 0. The number of nitrogens with zero attached hydrogens (tertiary/aromatic N) is 3. The van der Waals surface area contributed by atoms with Gasteiger partial charge in [0.15, 0.2) is 5.82 Å². The van der Waals surface area contributed by atoms with E-state index in [0.717, 1.165) is 0 Å². The van der Waals surface area contributed by atoms with Crippen LogP contribution in [0.1, 0.15) is 5.56 Å². The maximum Gasteiger partial charge on any atom is 0.311 e. The average Bonchev–Trinajstić information content (AvgIpc) is 2.38. The summed E-state index contributed by atoms with van der Waals surface area (Å²) in [5, 5.41) is 20.3. The molecule has 6 nitrogen and oxygen atoms in total. The molecular formula is C12H9N3O3. The highest BCUT2D eigenvalue weighted by Gasteiger charge is 2.14.